The van der Waals surface area contributed by atoms with Gasteiger partial charge in [-0.05, 0) is 39.8 Å². The first-order chi connectivity index (χ1) is 12.1. The summed E-state index contributed by atoms with van der Waals surface area (Å²) >= 11 is 0. The Balaban J connectivity index is 2.49. The topological polar surface area (TPSA) is 81.3 Å². The zero-order valence-corrected chi connectivity index (χ0v) is 15.6. The predicted molar refractivity (Wildman–Crippen MR) is 98.0 cm³/mol. The SMILES string of the molecule is COc1cn(CC(=O)OC(C)(C)C)c(=O)cc1-c1cc(C)ccc1C#N. The molecule has 1 aromatic heterocycles. The highest BCUT2D eigenvalue weighted by molar-refractivity contribution is 5.76. The van der Waals surface area contributed by atoms with E-state index in [9.17, 15) is 14.9 Å². The van der Waals surface area contributed by atoms with Gasteiger partial charge in [-0.15, -0.1) is 0 Å². The van der Waals surface area contributed by atoms with Crippen molar-refractivity contribution in [2.45, 2.75) is 39.8 Å². The zero-order chi connectivity index (χ0) is 19.5. The summed E-state index contributed by atoms with van der Waals surface area (Å²) in [5.41, 5.74) is 1.52. The van der Waals surface area contributed by atoms with Gasteiger partial charge >= 0.3 is 5.97 Å². The standard InChI is InChI=1S/C20H22N2O4/c1-13-6-7-14(10-21)15(8-13)16-9-18(23)22(11-17(16)25-5)12-19(24)26-20(2,3)4/h6-9,11H,12H2,1-5H3. The molecule has 26 heavy (non-hydrogen) atoms. The van der Waals surface area contributed by atoms with Gasteiger partial charge in [-0.2, -0.15) is 5.26 Å². The van der Waals surface area contributed by atoms with Gasteiger partial charge in [0.15, 0.2) is 0 Å². The molecule has 0 aliphatic rings. The minimum absolute atomic E-state index is 0.217. The number of hydrogen-bond donors (Lipinski definition) is 0. The molecule has 0 N–H and O–H groups in total. The fraction of sp³-hybridized carbons (Fsp3) is 0.350. The lowest BCUT2D eigenvalue weighted by atomic mass is 9.98. The maximum Gasteiger partial charge on any atom is 0.326 e. The number of esters is 1. The molecule has 0 unspecified atom stereocenters. The second kappa shape index (κ2) is 7.44. The maximum atomic E-state index is 12.5. The number of ether oxygens (including phenoxy) is 2. The molecule has 2 aromatic rings. The number of rotatable bonds is 4. The fourth-order valence-corrected chi connectivity index (χ4v) is 2.54. The van der Waals surface area contributed by atoms with Crippen molar-refractivity contribution in [2.75, 3.05) is 7.11 Å². The van der Waals surface area contributed by atoms with Gasteiger partial charge < -0.3 is 14.0 Å². The van der Waals surface area contributed by atoms with Gasteiger partial charge in [0, 0.05) is 17.2 Å². The van der Waals surface area contributed by atoms with Crippen LogP contribution in [0.3, 0.4) is 0 Å². The van der Waals surface area contributed by atoms with Gasteiger partial charge in [-0.25, -0.2) is 0 Å². The van der Waals surface area contributed by atoms with E-state index < -0.39 is 11.6 Å². The lowest BCUT2D eigenvalue weighted by Crippen LogP contribution is -2.30. The highest BCUT2D eigenvalue weighted by atomic mass is 16.6. The summed E-state index contributed by atoms with van der Waals surface area (Å²) in [5, 5.41) is 9.35. The molecule has 0 aliphatic carbocycles. The van der Waals surface area contributed by atoms with Crippen molar-refractivity contribution in [3.05, 3.63) is 51.9 Å². The number of nitriles is 1. The molecule has 1 aromatic carbocycles. The van der Waals surface area contributed by atoms with E-state index in [0.717, 1.165) is 5.56 Å². The summed E-state index contributed by atoms with van der Waals surface area (Å²) in [4.78, 5) is 24.5. The molecule has 6 nitrogen and oxygen atoms in total. The molecule has 0 aliphatic heterocycles. The summed E-state index contributed by atoms with van der Waals surface area (Å²) in [6.45, 7) is 6.97. The molecule has 1 heterocycles. The Hall–Kier alpha value is -3.07. The molecule has 0 atom stereocenters. The van der Waals surface area contributed by atoms with Gasteiger partial charge in [-0.1, -0.05) is 11.6 Å². The Morgan fingerprint density at radius 1 is 1.23 bits per heavy atom. The molecule has 0 fully saturated rings. The number of aromatic nitrogens is 1. The number of pyridine rings is 1. The van der Waals surface area contributed by atoms with Crippen LogP contribution >= 0.6 is 0 Å². The molecule has 0 saturated heterocycles. The average molecular weight is 354 g/mol. The first-order valence-electron chi connectivity index (χ1n) is 8.16. The number of benzene rings is 1. The van der Waals surface area contributed by atoms with Crippen LogP contribution < -0.4 is 10.3 Å². The Morgan fingerprint density at radius 3 is 2.50 bits per heavy atom. The van der Waals surface area contributed by atoms with E-state index in [-0.39, 0.29) is 12.1 Å². The van der Waals surface area contributed by atoms with E-state index in [0.29, 0.717) is 22.4 Å². The Kier molecular flexibility index (Phi) is 5.51. The average Bonchev–Trinajstić information content (AvgIpc) is 2.54. The third-order valence-corrected chi connectivity index (χ3v) is 3.61. The van der Waals surface area contributed by atoms with Gasteiger partial charge in [0.25, 0.3) is 5.56 Å². The molecule has 0 bridgehead atoms. The van der Waals surface area contributed by atoms with E-state index in [1.54, 1.807) is 26.8 Å². The second-order valence-electron chi connectivity index (χ2n) is 6.97. The first kappa shape index (κ1) is 19.3. The third-order valence-electron chi connectivity index (χ3n) is 3.61. The van der Waals surface area contributed by atoms with E-state index >= 15 is 0 Å². The van der Waals surface area contributed by atoms with Crippen LogP contribution in [0.5, 0.6) is 5.75 Å². The molecule has 2 rings (SSSR count). The predicted octanol–water partition coefficient (Wildman–Crippen LogP) is 3.05. The quantitative estimate of drug-likeness (QED) is 0.788. The zero-order valence-electron chi connectivity index (χ0n) is 15.6. The molecule has 6 heteroatoms. The van der Waals surface area contributed by atoms with Crippen molar-refractivity contribution >= 4 is 5.97 Å². The van der Waals surface area contributed by atoms with Crippen molar-refractivity contribution in [3.63, 3.8) is 0 Å². The monoisotopic (exact) mass is 354 g/mol. The molecule has 0 amide bonds. The highest BCUT2D eigenvalue weighted by Gasteiger charge is 2.19. The van der Waals surface area contributed by atoms with Crippen LogP contribution in [-0.2, 0) is 16.1 Å². The van der Waals surface area contributed by atoms with E-state index in [1.807, 2.05) is 19.1 Å². The van der Waals surface area contributed by atoms with Crippen LogP contribution in [-0.4, -0.2) is 23.2 Å². The van der Waals surface area contributed by atoms with Crippen LogP contribution in [0.2, 0.25) is 0 Å². The van der Waals surface area contributed by atoms with E-state index in [1.165, 1.54) is 23.9 Å². The fourth-order valence-electron chi connectivity index (χ4n) is 2.54. The summed E-state index contributed by atoms with van der Waals surface area (Å²) in [5.74, 6) is -0.113. The van der Waals surface area contributed by atoms with Crippen LogP contribution in [0.1, 0.15) is 31.9 Å². The van der Waals surface area contributed by atoms with Crippen LogP contribution in [0, 0.1) is 18.3 Å². The van der Waals surface area contributed by atoms with E-state index in [4.69, 9.17) is 9.47 Å². The lowest BCUT2D eigenvalue weighted by molar-refractivity contribution is -0.155. The lowest BCUT2D eigenvalue weighted by Gasteiger charge is -2.20. The summed E-state index contributed by atoms with van der Waals surface area (Å²) in [6.07, 6.45) is 1.46. The molecule has 0 radical (unpaired) electrons. The molecular formula is C20H22N2O4. The normalized spacial score (nSPS) is 10.9. The molecule has 0 saturated carbocycles. The number of aryl methyl sites for hydroxylation is 1. The van der Waals surface area contributed by atoms with Gasteiger partial charge in [-0.3, -0.25) is 9.59 Å². The minimum atomic E-state index is -0.631. The number of nitrogens with zero attached hydrogens (tertiary/aromatic N) is 2. The maximum absolute atomic E-state index is 12.5. The van der Waals surface area contributed by atoms with Crippen LogP contribution in [0.25, 0.3) is 11.1 Å². The number of carbonyl (C=O) groups is 1. The molecular weight excluding hydrogens is 332 g/mol. The van der Waals surface area contributed by atoms with Crippen LogP contribution in [0.15, 0.2) is 35.3 Å². The molecule has 136 valence electrons. The summed E-state index contributed by atoms with van der Waals surface area (Å²) in [7, 11) is 1.48. The van der Waals surface area contributed by atoms with Gasteiger partial charge in [0.05, 0.1) is 24.9 Å². The van der Waals surface area contributed by atoms with Crippen molar-refractivity contribution in [1.29, 1.82) is 5.26 Å². The smallest absolute Gasteiger partial charge is 0.326 e. The minimum Gasteiger partial charge on any atom is -0.495 e. The van der Waals surface area contributed by atoms with Crippen molar-refractivity contribution in [3.8, 4) is 22.9 Å². The largest absolute Gasteiger partial charge is 0.495 e. The van der Waals surface area contributed by atoms with Crippen molar-refractivity contribution in [2.24, 2.45) is 0 Å². The van der Waals surface area contributed by atoms with Crippen molar-refractivity contribution in [1.82, 2.24) is 4.57 Å². The van der Waals surface area contributed by atoms with Crippen molar-refractivity contribution < 1.29 is 14.3 Å². The van der Waals surface area contributed by atoms with Gasteiger partial charge in [0.2, 0.25) is 0 Å². The Morgan fingerprint density at radius 2 is 1.92 bits per heavy atom. The summed E-state index contributed by atoms with van der Waals surface area (Å²) in [6, 6.07) is 8.86. The summed E-state index contributed by atoms with van der Waals surface area (Å²) < 4.78 is 11.9. The number of methoxy groups -OCH3 is 1. The molecule has 0 spiro atoms. The second-order valence-corrected chi connectivity index (χ2v) is 6.97. The Labute approximate surface area is 152 Å². The van der Waals surface area contributed by atoms with E-state index in [2.05, 4.69) is 6.07 Å². The number of carbonyl (C=O) groups excluding carboxylic acids is 1. The third kappa shape index (κ3) is 4.51. The highest BCUT2D eigenvalue weighted by Crippen LogP contribution is 2.31. The number of hydrogen-bond acceptors (Lipinski definition) is 5. The first-order valence-corrected chi connectivity index (χ1v) is 8.16. The Bertz CT molecular complexity index is 930. The van der Waals surface area contributed by atoms with Gasteiger partial charge in [0.1, 0.15) is 17.9 Å². The van der Waals surface area contributed by atoms with Crippen LogP contribution in [0.4, 0.5) is 0 Å².